The van der Waals surface area contributed by atoms with E-state index in [0.717, 1.165) is 6.42 Å². The smallest absolute Gasteiger partial charge is 0.311 e. The van der Waals surface area contributed by atoms with Gasteiger partial charge < -0.3 is 10.4 Å². The first kappa shape index (κ1) is 13.7. The van der Waals surface area contributed by atoms with Gasteiger partial charge in [-0.15, -0.1) is 10.2 Å². The van der Waals surface area contributed by atoms with Gasteiger partial charge in [-0.2, -0.15) is 0 Å². The van der Waals surface area contributed by atoms with Crippen LogP contribution in [0.25, 0.3) is 0 Å². The molecule has 102 valence electrons. The fourth-order valence-corrected chi connectivity index (χ4v) is 2.42. The molecule has 7 heteroatoms. The number of carbonyl (C=O) groups is 2. The third kappa shape index (κ3) is 2.68. The van der Waals surface area contributed by atoms with Crippen molar-refractivity contribution in [3.63, 3.8) is 0 Å². The number of carboxylic acid groups (broad SMARTS) is 1. The van der Waals surface area contributed by atoms with Gasteiger partial charge in [0.05, 0.1) is 5.41 Å². The van der Waals surface area contributed by atoms with E-state index in [9.17, 15) is 14.7 Å². The van der Waals surface area contributed by atoms with Crippen LogP contribution < -0.4 is 5.32 Å². The summed E-state index contributed by atoms with van der Waals surface area (Å²) in [6.07, 6.45) is 1.98. The molecule has 2 atom stereocenters. The standard InChI is InChI=1S/C12H14ClN3O3/c1-12(11(18)19)6-2-3-8(12)14-10(17)7-4-5-9(13)16-15-7/h4-5,8H,2-3,6H2,1H3,(H,14,17)(H,18,19). The molecule has 0 aromatic carbocycles. The monoisotopic (exact) mass is 283 g/mol. The lowest BCUT2D eigenvalue weighted by atomic mass is 9.85. The van der Waals surface area contributed by atoms with E-state index < -0.39 is 23.3 Å². The van der Waals surface area contributed by atoms with Gasteiger partial charge in [0.15, 0.2) is 10.8 Å². The normalized spacial score (nSPS) is 26.1. The number of halogens is 1. The first-order valence-corrected chi connectivity index (χ1v) is 6.35. The number of aromatic nitrogens is 2. The van der Waals surface area contributed by atoms with Crippen molar-refractivity contribution >= 4 is 23.5 Å². The minimum absolute atomic E-state index is 0.129. The van der Waals surface area contributed by atoms with Crippen LogP contribution in [0.1, 0.15) is 36.7 Å². The van der Waals surface area contributed by atoms with E-state index in [1.807, 2.05) is 0 Å². The average molecular weight is 284 g/mol. The molecule has 1 aromatic rings. The molecule has 2 unspecified atom stereocenters. The van der Waals surface area contributed by atoms with E-state index >= 15 is 0 Å². The quantitative estimate of drug-likeness (QED) is 0.877. The Morgan fingerprint density at radius 2 is 2.21 bits per heavy atom. The second-order valence-corrected chi connectivity index (χ2v) is 5.27. The van der Waals surface area contributed by atoms with Gasteiger partial charge in [0, 0.05) is 6.04 Å². The van der Waals surface area contributed by atoms with Crippen LogP contribution in [0.2, 0.25) is 5.15 Å². The maximum atomic E-state index is 12.0. The molecule has 2 rings (SSSR count). The van der Waals surface area contributed by atoms with E-state index in [4.69, 9.17) is 11.6 Å². The number of aliphatic carboxylic acids is 1. The minimum atomic E-state index is -0.921. The van der Waals surface area contributed by atoms with Crippen molar-refractivity contribution in [2.75, 3.05) is 0 Å². The Balaban J connectivity index is 2.10. The van der Waals surface area contributed by atoms with E-state index in [1.165, 1.54) is 12.1 Å². The fourth-order valence-electron chi connectivity index (χ4n) is 2.32. The van der Waals surface area contributed by atoms with Crippen molar-refractivity contribution < 1.29 is 14.7 Å². The van der Waals surface area contributed by atoms with Gasteiger partial charge in [0.25, 0.3) is 5.91 Å². The van der Waals surface area contributed by atoms with E-state index in [-0.39, 0.29) is 10.8 Å². The number of hydrogen-bond donors (Lipinski definition) is 2. The molecule has 19 heavy (non-hydrogen) atoms. The predicted octanol–water partition coefficient (Wildman–Crippen LogP) is 1.50. The number of amides is 1. The van der Waals surface area contributed by atoms with Gasteiger partial charge in [0.2, 0.25) is 0 Å². The molecular weight excluding hydrogens is 270 g/mol. The Kier molecular flexibility index (Phi) is 3.71. The molecule has 1 aliphatic rings. The SMILES string of the molecule is CC1(C(=O)O)CCCC1NC(=O)c1ccc(Cl)nn1. The summed E-state index contributed by atoms with van der Waals surface area (Å²) >= 11 is 5.59. The summed E-state index contributed by atoms with van der Waals surface area (Å²) in [6, 6.07) is 2.53. The first-order chi connectivity index (χ1) is 8.93. The van der Waals surface area contributed by atoms with Crippen molar-refractivity contribution in [1.82, 2.24) is 15.5 Å². The molecular formula is C12H14ClN3O3. The molecule has 0 spiro atoms. The summed E-state index contributed by atoms with van der Waals surface area (Å²) in [4.78, 5) is 23.3. The molecule has 2 N–H and O–H groups in total. The molecule has 0 saturated heterocycles. The number of hydrogen-bond acceptors (Lipinski definition) is 4. The Bertz CT molecular complexity index is 505. The Labute approximate surface area is 115 Å². The first-order valence-electron chi connectivity index (χ1n) is 5.97. The number of nitrogens with one attached hydrogen (secondary N) is 1. The van der Waals surface area contributed by atoms with Crippen LogP contribution in [0.15, 0.2) is 12.1 Å². The maximum absolute atomic E-state index is 12.0. The number of nitrogens with zero attached hydrogens (tertiary/aromatic N) is 2. The van der Waals surface area contributed by atoms with Crippen molar-refractivity contribution in [1.29, 1.82) is 0 Å². The minimum Gasteiger partial charge on any atom is -0.481 e. The van der Waals surface area contributed by atoms with Gasteiger partial charge in [-0.25, -0.2) is 0 Å². The molecule has 0 radical (unpaired) electrons. The van der Waals surface area contributed by atoms with Crippen LogP contribution >= 0.6 is 11.6 Å². The van der Waals surface area contributed by atoms with Gasteiger partial charge in [-0.05, 0) is 31.9 Å². The molecule has 0 bridgehead atoms. The lowest BCUT2D eigenvalue weighted by Crippen LogP contribution is -2.47. The molecule has 1 amide bonds. The highest BCUT2D eigenvalue weighted by Crippen LogP contribution is 2.38. The van der Waals surface area contributed by atoms with Crippen molar-refractivity contribution in [3.05, 3.63) is 23.0 Å². The van der Waals surface area contributed by atoms with Crippen molar-refractivity contribution in [2.45, 2.75) is 32.2 Å². The molecule has 1 saturated carbocycles. The number of carbonyl (C=O) groups excluding carboxylic acids is 1. The highest BCUT2D eigenvalue weighted by Gasteiger charge is 2.46. The van der Waals surface area contributed by atoms with Crippen LogP contribution in [0.5, 0.6) is 0 Å². The average Bonchev–Trinajstić information content (AvgIpc) is 2.73. The lowest BCUT2D eigenvalue weighted by molar-refractivity contribution is -0.148. The van der Waals surface area contributed by atoms with Crippen molar-refractivity contribution in [2.24, 2.45) is 5.41 Å². The third-order valence-corrected chi connectivity index (χ3v) is 3.82. The second kappa shape index (κ2) is 5.13. The zero-order valence-electron chi connectivity index (χ0n) is 10.4. The summed E-state index contributed by atoms with van der Waals surface area (Å²) in [5.74, 6) is -1.32. The third-order valence-electron chi connectivity index (χ3n) is 3.62. The summed E-state index contributed by atoms with van der Waals surface area (Å²) < 4.78 is 0. The van der Waals surface area contributed by atoms with Gasteiger partial charge in [-0.3, -0.25) is 9.59 Å². The molecule has 6 nitrogen and oxygen atoms in total. The molecule has 1 fully saturated rings. The van der Waals surface area contributed by atoms with Crippen LogP contribution in [0, 0.1) is 5.41 Å². The molecule has 1 heterocycles. The fraction of sp³-hybridized carbons (Fsp3) is 0.500. The highest BCUT2D eigenvalue weighted by molar-refractivity contribution is 6.29. The van der Waals surface area contributed by atoms with Gasteiger partial charge in [0.1, 0.15) is 0 Å². The second-order valence-electron chi connectivity index (χ2n) is 4.88. The van der Waals surface area contributed by atoms with Crippen LogP contribution in [-0.2, 0) is 4.79 Å². The molecule has 0 aliphatic heterocycles. The predicted molar refractivity (Wildman–Crippen MR) is 67.9 cm³/mol. The lowest BCUT2D eigenvalue weighted by Gasteiger charge is -2.27. The van der Waals surface area contributed by atoms with E-state index in [2.05, 4.69) is 15.5 Å². The van der Waals surface area contributed by atoms with E-state index in [0.29, 0.717) is 12.8 Å². The highest BCUT2D eigenvalue weighted by atomic mass is 35.5. The topological polar surface area (TPSA) is 92.2 Å². The van der Waals surface area contributed by atoms with Crippen molar-refractivity contribution in [3.8, 4) is 0 Å². The molecule has 1 aliphatic carbocycles. The Hall–Kier alpha value is -1.69. The zero-order valence-corrected chi connectivity index (χ0v) is 11.1. The van der Waals surface area contributed by atoms with Crippen LogP contribution in [-0.4, -0.2) is 33.2 Å². The summed E-state index contributed by atoms with van der Waals surface area (Å²) in [7, 11) is 0. The maximum Gasteiger partial charge on any atom is 0.311 e. The summed E-state index contributed by atoms with van der Waals surface area (Å²) in [6.45, 7) is 1.65. The van der Waals surface area contributed by atoms with Crippen LogP contribution in [0.3, 0.4) is 0 Å². The zero-order chi connectivity index (χ0) is 14.0. The number of carboxylic acids is 1. The van der Waals surface area contributed by atoms with Gasteiger partial charge in [-0.1, -0.05) is 18.0 Å². The largest absolute Gasteiger partial charge is 0.481 e. The van der Waals surface area contributed by atoms with E-state index in [1.54, 1.807) is 6.92 Å². The summed E-state index contributed by atoms with van der Waals surface area (Å²) in [5.41, 5.74) is -0.792. The van der Waals surface area contributed by atoms with Crippen LogP contribution in [0.4, 0.5) is 0 Å². The summed E-state index contributed by atoms with van der Waals surface area (Å²) in [5, 5.41) is 19.4. The van der Waals surface area contributed by atoms with Gasteiger partial charge >= 0.3 is 5.97 Å². The molecule has 1 aromatic heterocycles. The Morgan fingerprint density at radius 1 is 1.47 bits per heavy atom. The number of rotatable bonds is 3. The Morgan fingerprint density at radius 3 is 2.79 bits per heavy atom.